The van der Waals surface area contributed by atoms with Crippen LogP contribution >= 0.6 is 0 Å². The van der Waals surface area contributed by atoms with Crippen LogP contribution in [0.3, 0.4) is 0 Å². The summed E-state index contributed by atoms with van der Waals surface area (Å²) in [6.07, 6.45) is 5.19. The van der Waals surface area contributed by atoms with Gasteiger partial charge in [-0.25, -0.2) is 4.79 Å². The van der Waals surface area contributed by atoms with Crippen LogP contribution in [0.5, 0.6) is 0 Å². The average molecular weight is 262 g/mol. The molecular formula is C13H18N4O2. The Morgan fingerprint density at radius 1 is 1.58 bits per heavy atom. The maximum Gasteiger partial charge on any atom is 0.317 e. The quantitative estimate of drug-likeness (QED) is 0.892. The van der Waals surface area contributed by atoms with Gasteiger partial charge in [0.05, 0.1) is 19.4 Å². The van der Waals surface area contributed by atoms with Gasteiger partial charge >= 0.3 is 6.03 Å². The number of carbonyl (C=O) groups excluding carboxylic acids is 1. The molecule has 0 unspecified atom stereocenters. The molecule has 0 bridgehead atoms. The normalized spacial score (nSPS) is 12.1. The first-order valence-corrected chi connectivity index (χ1v) is 6.16. The highest BCUT2D eigenvalue weighted by molar-refractivity contribution is 5.74. The van der Waals surface area contributed by atoms with Gasteiger partial charge in [-0.3, -0.25) is 4.68 Å². The molecule has 2 aromatic rings. The summed E-state index contributed by atoms with van der Waals surface area (Å²) in [5.74, 6) is 0.761. The van der Waals surface area contributed by atoms with Gasteiger partial charge in [0.25, 0.3) is 0 Å². The number of urea groups is 1. The molecule has 0 spiro atoms. The van der Waals surface area contributed by atoms with E-state index in [0.29, 0.717) is 13.1 Å². The first kappa shape index (κ1) is 13.2. The molecule has 2 aromatic heterocycles. The predicted octanol–water partition coefficient (Wildman–Crippen LogP) is 1.71. The number of furan rings is 1. The van der Waals surface area contributed by atoms with Crippen LogP contribution in [0.15, 0.2) is 41.3 Å². The van der Waals surface area contributed by atoms with E-state index in [4.69, 9.17) is 4.42 Å². The van der Waals surface area contributed by atoms with Crippen LogP contribution in [0.2, 0.25) is 0 Å². The maximum atomic E-state index is 12.0. The van der Waals surface area contributed by atoms with Crippen LogP contribution in [-0.4, -0.2) is 33.8 Å². The number of carbonyl (C=O) groups is 1. The topological polar surface area (TPSA) is 63.3 Å². The van der Waals surface area contributed by atoms with E-state index in [0.717, 1.165) is 5.76 Å². The molecule has 19 heavy (non-hydrogen) atoms. The minimum Gasteiger partial charge on any atom is -0.467 e. The molecular weight excluding hydrogens is 244 g/mol. The third kappa shape index (κ3) is 3.87. The summed E-state index contributed by atoms with van der Waals surface area (Å²) >= 11 is 0. The third-order valence-electron chi connectivity index (χ3n) is 2.71. The van der Waals surface area contributed by atoms with Crippen LogP contribution in [0.25, 0.3) is 0 Å². The van der Waals surface area contributed by atoms with Crippen molar-refractivity contribution in [3.8, 4) is 0 Å². The van der Waals surface area contributed by atoms with E-state index in [1.807, 2.05) is 25.3 Å². The highest BCUT2D eigenvalue weighted by Gasteiger charge is 2.13. The lowest BCUT2D eigenvalue weighted by Gasteiger charge is -2.20. The van der Waals surface area contributed by atoms with Gasteiger partial charge < -0.3 is 14.6 Å². The van der Waals surface area contributed by atoms with Crippen molar-refractivity contribution in [3.05, 3.63) is 42.6 Å². The molecule has 0 aliphatic heterocycles. The van der Waals surface area contributed by atoms with Crippen LogP contribution in [0, 0.1) is 0 Å². The standard InChI is InChI=1S/C13H18N4O2/c1-11(9-17-7-4-6-14-17)15-13(18)16(2)10-12-5-3-8-19-12/h3-8,11H,9-10H2,1-2H3,(H,15,18)/t11-/m0/s1. The summed E-state index contributed by atoms with van der Waals surface area (Å²) in [6, 6.07) is 5.39. The van der Waals surface area contributed by atoms with Gasteiger partial charge in [0.15, 0.2) is 0 Å². The Bertz CT molecular complexity index is 493. The largest absolute Gasteiger partial charge is 0.467 e. The molecule has 0 saturated heterocycles. The lowest BCUT2D eigenvalue weighted by Crippen LogP contribution is -2.43. The molecule has 1 N–H and O–H groups in total. The van der Waals surface area contributed by atoms with Crippen LogP contribution in [0.1, 0.15) is 12.7 Å². The zero-order chi connectivity index (χ0) is 13.7. The van der Waals surface area contributed by atoms with Crippen LogP contribution < -0.4 is 5.32 Å². The van der Waals surface area contributed by atoms with Gasteiger partial charge in [0.2, 0.25) is 0 Å². The summed E-state index contributed by atoms with van der Waals surface area (Å²) in [4.78, 5) is 13.5. The van der Waals surface area contributed by atoms with E-state index < -0.39 is 0 Å². The first-order chi connectivity index (χ1) is 9.15. The van der Waals surface area contributed by atoms with Gasteiger partial charge in [-0.2, -0.15) is 5.10 Å². The molecule has 6 nitrogen and oxygen atoms in total. The Labute approximate surface area is 112 Å². The number of nitrogens with zero attached hydrogens (tertiary/aromatic N) is 3. The molecule has 0 saturated carbocycles. The van der Waals surface area contributed by atoms with Crippen molar-refractivity contribution in [3.63, 3.8) is 0 Å². The fourth-order valence-electron chi connectivity index (χ4n) is 1.76. The molecule has 2 rings (SSSR count). The Morgan fingerprint density at radius 3 is 3.05 bits per heavy atom. The smallest absolute Gasteiger partial charge is 0.317 e. The van der Waals surface area contributed by atoms with Gasteiger partial charge in [-0.15, -0.1) is 0 Å². The third-order valence-corrected chi connectivity index (χ3v) is 2.71. The summed E-state index contributed by atoms with van der Waals surface area (Å²) in [5.41, 5.74) is 0. The maximum absolute atomic E-state index is 12.0. The van der Waals surface area contributed by atoms with E-state index in [1.54, 1.807) is 35.2 Å². The molecule has 1 atom stereocenters. The molecule has 0 fully saturated rings. The predicted molar refractivity (Wildman–Crippen MR) is 70.4 cm³/mol. The molecule has 0 aliphatic carbocycles. The highest BCUT2D eigenvalue weighted by Crippen LogP contribution is 2.04. The summed E-state index contributed by atoms with van der Waals surface area (Å²) in [6.45, 7) is 3.04. The molecule has 0 aromatic carbocycles. The molecule has 2 amide bonds. The Morgan fingerprint density at radius 2 is 2.42 bits per heavy atom. The molecule has 0 radical (unpaired) electrons. The number of nitrogens with one attached hydrogen (secondary N) is 1. The first-order valence-electron chi connectivity index (χ1n) is 6.16. The second-order valence-corrected chi connectivity index (χ2v) is 4.51. The summed E-state index contributed by atoms with van der Waals surface area (Å²) in [5, 5.41) is 7.02. The summed E-state index contributed by atoms with van der Waals surface area (Å²) < 4.78 is 7.00. The van der Waals surface area contributed by atoms with Crippen molar-refractivity contribution in [2.75, 3.05) is 7.05 Å². The second kappa shape index (κ2) is 6.08. The van der Waals surface area contributed by atoms with Gasteiger partial charge in [0, 0.05) is 25.5 Å². The fourth-order valence-corrected chi connectivity index (χ4v) is 1.76. The van der Waals surface area contributed by atoms with Gasteiger partial charge in [-0.1, -0.05) is 0 Å². The number of amides is 2. The van der Waals surface area contributed by atoms with E-state index in [1.165, 1.54) is 0 Å². The SMILES string of the molecule is C[C@@H](Cn1cccn1)NC(=O)N(C)Cc1ccco1. The minimum absolute atomic E-state index is 0.00597. The van der Waals surface area contributed by atoms with Crippen LogP contribution in [0.4, 0.5) is 4.79 Å². The van der Waals surface area contributed by atoms with Crippen molar-refractivity contribution in [1.29, 1.82) is 0 Å². The zero-order valence-corrected chi connectivity index (χ0v) is 11.1. The molecule has 2 heterocycles. The average Bonchev–Trinajstić information content (AvgIpc) is 3.01. The van der Waals surface area contributed by atoms with E-state index in [2.05, 4.69) is 10.4 Å². The zero-order valence-electron chi connectivity index (χ0n) is 11.1. The molecule has 102 valence electrons. The monoisotopic (exact) mass is 262 g/mol. The second-order valence-electron chi connectivity index (χ2n) is 4.51. The minimum atomic E-state index is -0.129. The van der Waals surface area contributed by atoms with Gasteiger partial charge in [-0.05, 0) is 25.1 Å². The van der Waals surface area contributed by atoms with Crippen molar-refractivity contribution in [2.45, 2.75) is 26.1 Å². The number of aromatic nitrogens is 2. The van der Waals surface area contributed by atoms with E-state index in [-0.39, 0.29) is 12.1 Å². The molecule has 0 aliphatic rings. The van der Waals surface area contributed by atoms with Gasteiger partial charge in [0.1, 0.15) is 5.76 Å². The lowest BCUT2D eigenvalue weighted by atomic mass is 10.3. The summed E-state index contributed by atoms with van der Waals surface area (Å²) in [7, 11) is 1.73. The van der Waals surface area contributed by atoms with E-state index >= 15 is 0 Å². The Balaban J connectivity index is 1.79. The fraction of sp³-hybridized carbons (Fsp3) is 0.385. The van der Waals surface area contributed by atoms with Crippen molar-refractivity contribution >= 4 is 6.03 Å². The van der Waals surface area contributed by atoms with Crippen molar-refractivity contribution in [2.24, 2.45) is 0 Å². The lowest BCUT2D eigenvalue weighted by molar-refractivity contribution is 0.198. The van der Waals surface area contributed by atoms with Crippen molar-refractivity contribution in [1.82, 2.24) is 20.0 Å². The molecule has 6 heteroatoms. The highest BCUT2D eigenvalue weighted by atomic mass is 16.3. The Hall–Kier alpha value is -2.24. The number of hydrogen-bond acceptors (Lipinski definition) is 3. The Kier molecular flexibility index (Phi) is 4.22. The van der Waals surface area contributed by atoms with Crippen LogP contribution in [-0.2, 0) is 13.1 Å². The number of hydrogen-bond donors (Lipinski definition) is 1. The number of rotatable bonds is 5. The van der Waals surface area contributed by atoms with E-state index in [9.17, 15) is 4.79 Å². The van der Waals surface area contributed by atoms with Crippen molar-refractivity contribution < 1.29 is 9.21 Å².